The molecule has 1 fully saturated rings. The molecule has 0 bridgehead atoms. The molecule has 1 saturated heterocycles. The zero-order valence-electron chi connectivity index (χ0n) is 15.6. The Balaban J connectivity index is 0.00000243. The lowest BCUT2D eigenvalue weighted by Gasteiger charge is -2.32. The van der Waals surface area contributed by atoms with Crippen LogP contribution in [0.15, 0.2) is 46.0 Å². The Hall–Kier alpha value is -1.54. The number of piperidine rings is 1. The van der Waals surface area contributed by atoms with Crippen molar-refractivity contribution < 1.29 is 4.42 Å². The maximum Gasteiger partial charge on any atom is 0.193 e. The second kappa shape index (κ2) is 9.97. The first-order valence-electron chi connectivity index (χ1n) is 9.04. The number of nitrogens with two attached hydrogens (primary N) is 1. The predicted molar refractivity (Wildman–Crippen MR) is 118 cm³/mol. The highest BCUT2D eigenvalue weighted by Gasteiger charge is 2.24. The summed E-state index contributed by atoms with van der Waals surface area (Å²) in [5, 5.41) is 3.21. The number of guanidine groups is 1. The molecule has 1 aromatic carbocycles. The van der Waals surface area contributed by atoms with E-state index in [9.17, 15) is 0 Å². The zero-order chi connectivity index (χ0) is 17.6. The Morgan fingerprint density at radius 2 is 1.88 bits per heavy atom. The smallest absolute Gasteiger partial charge is 0.193 e. The minimum Gasteiger partial charge on any atom is -0.468 e. The van der Waals surface area contributed by atoms with E-state index < -0.39 is 0 Å². The van der Waals surface area contributed by atoms with Gasteiger partial charge in [0.05, 0.1) is 18.8 Å². The summed E-state index contributed by atoms with van der Waals surface area (Å²) in [6.07, 6.45) is 5.50. The molecule has 1 unspecified atom stereocenters. The minimum atomic E-state index is 0. The standard InChI is InChI=1S/C20H28N4O.HI/c1-15-11-16(2)13-17(12-15)23-20(21)22-14-18(19-7-6-10-25-19)24-8-4-3-5-9-24;/h6-7,10-13,18H,3-5,8-9,14H2,1-2H3,(H3,21,22,23);1H. The highest BCUT2D eigenvalue weighted by molar-refractivity contribution is 14.0. The van der Waals surface area contributed by atoms with E-state index in [2.05, 4.69) is 47.3 Å². The van der Waals surface area contributed by atoms with E-state index in [1.165, 1.54) is 30.4 Å². The van der Waals surface area contributed by atoms with Crippen LogP contribution in [0.4, 0.5) is 5.69 Å². The largest absolute Gasteiger partial charge is 0.468 e. The maximum atomic E-state index is 6.13. The number of halogens is 1. The summed E-state index contributed by atoms with van der Waals surface area (Å²) in [5.41, 5.74) is 9.52. The molecule has 2 heterocycles. The van der Waals surface area contributed by atoms with E-state index in [-0.39, 0.29) is 30.0 Å². The second-order valence-corrected chi connectivity index (χ2v) is 6.86. The Morgan fingerprint density at radius 1 is 1.19 bits per heavy atom. The van der Waals surface area contributed by atoms with E-state index >= 15 is 0 Å². The fourth-order valence-electron chi connectivity index (χ4n) is 3.52. The van der Waals surface area contributed by atoms with Gasteiger partial charge in [-0.05, 0) is 75.2 Å². The number of aliphatic imine (C=N–C) groups is 1. The van der Waals surface area contributed by atoms with Crippen LogP contribution >= 0.6 is 24.0 Å². The fourth-order valence-corrected chi connectivity index (χ4v) is 3.52. The lowest BCUT2D eigenvalue weighted by molar-refractivity contribution is 0.150. The van der Waals surface area contributed by atoms with Crippen LogP contribution in [0.5, 0.6) is 0 Å². The zero-order valence-corrected chi connectivity index (χ0v) is 17.9. The Morgan fingerprint density at radius 3 is 2.50 bits per heavy atom. The lowest BCUT2D eigenvalue weighted by Crippen LogP contribution is -2.36. The molecule has 1 aliphatic rings. The molecule has 0 aliphatic carbocycles. The van der Waals surface area contributed by atoms with Gasteiger partial charge in [0.25, 0.3) is 0 Å². The van der Waals surface area contributed by atoms with E-state index in [0.717, 1.165) is 24.5 Å². The third-order valence-electron chi connectivity index (χ3n) is 4.63. The molecule has 1 aromatic heterocycles. The number of anilines is 1. The molecule has 1 atom stereocenters. The van der Waals surface area contributed by atoms with Crippen LogP contribution in [-0.2, 0) is 0 Å². The first kappa shape index (κ1) is 20.8. The molecule has 0 spiro atoms. The van der Waals surface area contributed by atoms with Crippen LogP contribution in [0, 0.1) is 13.8 Å². The van der Waals surface area contributed by atoms with Gasteiger partial charge in [0.15, 0.2) is 5.96 Å². The summed E-state index contributed by atoms with van der Waals surface area (Å²) in [5.74, 6) is 1.41. The molecule has 0 amide bonds. The second-order valence-electron chi connectivity index (χ2n) is 6.86. The first-order chi connectivity index (χ1) is 12.1. The van der Waals surface area contributed by atoms with Gasteiger partial charge in [-0.15, -0.1) is 24.0 Å². The SMILES string of the molecule is Cc1cc(C)cc(NC(N)=NCC(c2ccco2)N2CCCCC2)c1.I. The molecule has 142 valence electrons. The molecule has 2 aromatic rings. The normalized spacial score (nSPS) is 16.8. The van der Waals surface area contributed by atoms with Gasteiger partial charge in [-0.3, -0.25) is 9.89 Å². The summed E-state index contributed by atoms with van der Waals surface area (Å²) in [6.45, 7) is 6.93. The number of aryl methyl sites for hydroxylation is 2. The van der Waals surface area contributed by atoms with Crippen molar-refractivity contribution in [3.63, 3.8) is 0 Å². The number of nitrogens with zero attached hydrogens (tertiary/aromatic N) is 2. The topological polar surface area (TPSA) is 66.8 Å². The molecule has 3 rings (SSSR count). The van der Waals surface area contributed by atoms with E-state index in [1.807, 2.05) is 12.1 Å². The number of furan rings is 1. The van der Waals surface area contributed by atoms with Crippen LogP contribution in [0.25, 0.3) is 0 Å². The van der Waals surface area contributed by atoms with Gasteiger partial charge in [0.1, 0.15) is 5.76 Å². The van der Waals surface area contributed by atoms with Gasteiger partial charge in [-0.1, -0.05) is 12.5 Å². The van der Waals surface area contributed by atoms with Crippen molar-refractivity contribution in [2.24, 2.45) is 10.7 Å². The number of hydrogen-bond acceptors (Lipinski definition) is 3. The molecular formula is C20H29IN4O. The van der Waals surface area contributed by atoms with E-state index in [0.29, 0.717) is 12.5 Å². The molecular weight excluding hydrogens is 439 g/mol. The van der Waals surface area contributed by atoms with Crippen molar-refractivity contribution in [1.29, 1.82) is 0 Å². The fraction of sp³-hybridized carbons (Fsp3) is 0.450. The lowest BCUT2D eigenvalue weighted by atomic mass is 10.1. The van der Waals surface area contributed by atoms with Crippen molar-refractivity contribution in [1.82, 2.24) is 4.90 Å². The number of nitrogens with one attached hydrogen (secondary N) is 1. The van der Waals surface area contributed by atoms with Crippen molar-refractivity contribution in [2.45, 2.75) is 39.2 Å². The summed E-state index contributed by atoms with van der Waals surface area (Å²) < 4.78 is 5.66. The highest BCUT2D eigenvalue weighted by Crippen LogP contribution is 2.25. The Bertz CT molecular complexity index is 688. The number of benzene rings is 1. The molecule has 5 nitrogen and oxygen atoms in total. The number of hydrogen-bond donors (Lipinski definition) is 2. The summed E-state index contributed by atoms with van der Waals surface area (Å²) in [4.78, 5) is 7.05. The molecule has 26 heavy (non-hydrogen) atoms. The van der Waals surface area contributed by atoms with Crippen molar-refractivity contribution in [2.75, 3.05) is 25.0 Å². The highest BCUT2D eigenvalue weighted by atomic mass is 127. The molecule has 0 radical (unpaired) electrons. The van der Waals surface area contributed by atoms with Gasteiger partial charge in [-0.2, -0.15) is 0 Å². The summed E-state index contributed by atoms with van der Waals surface area (Å²) in [6, 6.07) is 10.4. The quantitative estimate of drug-likeness (QED) is 0.386. The van der Waals surface area contributed by atoms with Crippen LogP contribution in [0.2, 0.25) is 0 Å². The van der Waals surface area contributed by atoms with Crippen molar-refractivity contribution in [3.05, 3.63) is 53.5 Å². The predicted octanol–water partition coefficient (Wildman–Crippen LogP) is 4.47. The third-order valence-corrected chi connectivity index (χ3v) is 4.63. The Kier molecular flexibility index (Phi) is 7.96. The van der Waals surface area contributed by atoms with Crippen molar-refractivity contribution >= 4 is 35.6 Å². The van der Waals surface area contributed by atoms with Crippen molar-refractivity contribution in [3.8, 4) is 0 Å². The van der Waals surface area contributed by atoms with Gasteiger partial charge in [0.2, 0.25) is 0 Å². The monoisotopic (exact) mass is 468 g/mol. The molecule has 6 heteroatoms. The van der Waals surface area contributed by atoms with Crippen LogP contribution in [-0.4, -0.2) is 30.5 Å². The van der Waals surface area contributed by atoms with Gasteiger partial charge in [0, 0.05) is 5.69 Å². The van der Waals surface area contributed by atoms with E-state index in [1.54, 1.807) is 6.26 Å². The van der Waals surface area contributed by atoms with Gasteiger partial charge < -0.3 is 15.5 Å². The Labute approximate surface area is 173 Å². The maximum absolute atomic E-state index is 6.13. The number of likely N-dealkylation sites (tertiary alicyclic amines) is 1. The third kappa shape index (κ3) is 5.74. The molecule has 1 aliphatic heterocycles. The van der Waals surface area contributed by atoms with E-state index in [4.69, 9.17) is 10.2 Å². The van der Waals surface area contributed by atoms with Gasteiger partial charge in [-0.25, -0.2) is 0 Å². The van der Waals surface area contributed by atoms with Crippen LogP contribution < -0.4 is 11.1 Å². The van der Waals surface area contributed by atoms with Gasteiger partial charge >= 0.3 is 0 Å². The summed E-state index contributed by atoms with van der Waals surface area (Å²) in [7, 11) is 0. The molecule has 3 N–H and O–H groups in total. The van der Waals surface area contributed by atoms with Crippen LogP contribution in [0.3, 0.4) is 0 Å². The summed E-state index contributed by atoms with van der Waals surface area (Å²) >= 11 is 0. The average molecular weight is 468 g/mol. The first-order valence-corrected chi connectivity index (χ1v) is 9.04. The van der Waals surface area contributed by atoms with Crippen LogP contribution in [0.1, 0.15) is 42.2 Å². The minimum absolute atomic E-state index is 0. The molecule has 0 saturated carbocycles. The number of rotatable bonds is 5. The average Bonchev–Trinajstić information content (AvgIpc) is 3.09.